The average Bonchev–Trinajstić information content (AvgIpc) is 3.27. The zero-order chi connectivity index (χ0) is 20.3. The topological polar surface area (TPSA) is 84.8 Å². The molecule has 0 aliphatic carbocycles. The zero-order valence-electron chi connectivity index (χ0n) is 17.2. The fourth-order valence-electron chi connectivity index (χ4n) is 3.61. The number of amides is 1. The van der Waals surface area contributed by atoms with Crippen molar-refractivity contribution < 1.29 is 4.79 Å². The molecule has 2 aromatic rings. The van der Waals surface area contributed by atoms with Gasteiger partial charge in [0, 0.05) is 29.8 Å². The van der Waals surface area contributed by atoms with Crippen LogP contribution >= 0.6 is 0 Å². The van der Waals surface area contributed by atoms with E-state index in [2.05, 4.69) is 61.4 Å². The van der Waals surface area contributed by atoms with Crippen LogP contribution in [0.4, 0.5) is 0 Å². The van der Waals surface area contributed by atoms with Crippen molar-refractivity contribution in [2.75, 3.05) is 13.1 Å². The number of hydrogen-bond donors (Lipinski definition) is 2. The van der Waals surface area contributed by atoms with Crippen molar-refractivity contribution in [3.63, 3.8) is 0 Å². The first-order valence-corrected chi connectivity index (χ1v) is 9.86. The smallest absolute Gasteiger partial charge is 0.237 e. The number of nitriles is 1. The van der Waals surface area contributed by atoms with E-state index in [9.17, 15) is 10.1 Å². The van der Waals surface area contributed by atoms with E-state index in [1.807, 2.05) is 6.92 Å². The number of aromatic amines is 1. The second-order valence-electron chi connectivity index (χ2n) is 8.31. The number of hydrogen-bond acceptors (Lipinski definition) is 4. The zero-order valence-corrected chi connectivity index (χ0v) is 17.2. The van der Waals surface area contributed by atoms with E-state index < -0.39 is 0 Å². The molecule has 3 rings (SSSR count). The summed E-state index contributed by atoms with van der Waals surface area (Å²) in [5.41, 5.74) is 4.04. The van der Waals surface area contributed by atoms with Crippen LogP contribution in [0.3, 0.4) is 0 Å². The molecule has 0 saturated carbocycles. The third-order valence-corrected chi connectivity index (χ3v) is 5.36. The lowest BCUT2D eigenvalue weighted by molar-refractivity contribution is -0.130. The summed E-state index contributed by atoms with van der Waals surface area (Å²) in [5, 5.41) is 12.5. The maximum atomic E-state index is 12.5. The van der Waals surface area contributed by atoms with Gasteiger partial charge in [-0.25, -0.2) is 4.98 Å². The van der Waals surface area contributed by atoms with Gasteiger partial charge < -0.3 is 15.2 Å². The number of H-pyrrole nitrogens is 1. The van der Waals surface area contributed by atoms with E-state index in [1.165, 1.54) is 5.56 Å². The lowest BCUT2D eigenvalue weighted by Crippen LogP contribution is -2.48. The molecule has 148 valence electrons. The summed E-state index contributed by atoms with van der Waals surface area (Å²) < 4.78 is 0. The van der Waals surface area contributed by atoms with Gasteiger partial charge >= 0.3 is 0 Å². The van der Waals surface area contributed by atoms with E-state index in [0.717, 1.165) is 35.6 Å². The van der Waals surface area contributed by atoms with Crippen LogP contribution in [0.1, 0.15) is 43.6 Å². The minimum atomic E-state index is -0.290. The molecular weight excluding hydrogens is 350 g/mol. The SMILES string of the molecule is Cc1ccc(-c2nc(CC(C)(C)NCC(=O)N3CCCC3C#N)c(C)[nH]2)cc1. The average molecular weight is 380 g/mol. The quantitative estimate of drug-likeness (QED) is 0.808. The second-order valence-corrected chi connectivity index (χ2v) is 8.31. The number of nitrogens with one attached hydrogen (secondary N) is 2. The van der Waals surface area contributed by atoms with E-state index in [-0.39, 0.29) is 24.0 Å². The molecule has 0 spiro atoms. The molecule has 28 heavy (non-hydrogen) atoms. The number of carbonyl (C=O) groups is 1. The first-order chi connectivity index (χ1) is 13.3. The molecule has 1 aliphatic rings. The Balaban J connectivity index is 1.63. The van der Waals surface area contributed by atoms with E-state index in [4.69, 9.17) is 4.98 Å². The summed E-state index contributed by atoms with van der Waals surface area (Å²) >= 11 is 0. The van der Waals surface area contributed by atoms with Gasteiger partial charge in [0.2, 0.25) is 5.91 Å². The molecule has 1 fully saturated rings. The number of benzene rings is 1. The standard InChI is InChI=1S/C22H29N5O/c1-15-7-9-17(10-8-15)21-25-16(2)19(26-21)12-22(3,4)24-14-20(28)27-11-5-6-18(27)13-23/h7-10,18,24H,5-6,11-12,14H2,1-4H3,(H,25,26). The van der Waals surface area contributed by atoms with Crippen molar-refractivity contribution >= 4 is 5.91 Å². The van der Waals surface area contributed by atoms with Gasteiger partial charge in [-0.2, -0.15) is 5.26 Å². The molecule has 6 heteroatoms. The predicted molar refractivity (Wildman–Crippen MR) is 110 cm³/mol. The highest BCUT2D eigenvalue weighted by Gasteiger charge is 2.30. The highest BCUT2D eigenvalue weighted by atomic mass is 16.2. The van der Waals surface area contributed by atoms with Crippen LogP contribution in [0.2, 0.25) is 0 Å². The van der Waals surface area contributed by atoms with Crippen LogP contribution in [0.5, 0.6) is 0 Å². The summed E-state index contributed by atoms with van der Waals surface area (Å²) in [6.45, 7) is 9.16. The Labute approximate surface area is 167 Å². The predicted octanol–water partition coefficient (Wildman–Crippen LogP) is 3.12. The Morgan fingerprint density at radius 1 is 1.36 bits per heavy atom. The Morgan fingerprint density at radius 3 is 2.75 bits per heavy atom. The van der Waals surface area contributed by atoms with Crippen LogP contribution in [-0.2, 0) is 11.2 Å². The summed E-state index contributed by atoms with van der Waals surface area (Å²) in [4.78, 5) is 22.3. The van der Waals surface area contributed by atoms with E-state index in [0.29, 0.717) is 13.0 Å². The third-order valence-electron chi connectivity index (χ3n) is 5.36. The molecule has 1 unspecified atom stereocenters. The van der Waals surface area contributed by atoms with Crippen molar-refractivity contribution in [1.82, 2.24) is 20.2 Å². The number of rotatable bonds is 6. The van der Waals surface area contributed by atoms with Crippen LogP contribution in [0, 0.1) is 25.2 Å². The molecular formula is C22H29N5O. The summed E-state index contributed by atoms with van der Waals surface area (Å²) in [7, 11) is 0. The molecule has 2 heterocycles. The van der Waals surface area contributed by atoms with Crippen LogP contribution in [0.25, 0.3) is 11.4 Å². The van der Waals surface area contributed by atoms with Gasteiger partial charge in [0.05, 0.1) is 18.3 Å². The number of aryl methyl sites for hydroxylation is 2. The molecule has 1 saturated heterocycles. The highest BCUT2D eigenvalue weighted by Crippen LogP contribution is 2.22. The fraction of sp³-hybridized carbons (Fsp3) is 0.500. The maximum Gasteiger partial charge on any atom is 0.237 e. The van der Waals surface area contributed by atoms with Crippen molar-refractivity contribution in [3.05, 3.63) is 41.2 Å². The minimum absolute atomic E-state index is 0.00350. The first kappa shape index (κ1) is 20.1. The first-order valence-electron chi connectivity index (χ1n) is 9.86. The number of carbonyl (C=O) groups excluding carboxylic acids is 1. The normalized spacial score (nSPS) is 17.0. The van der Waals surface area contributed by atoms with Gasteiger partial charge in [-0.3, -0.25) is 4.79 Å². The van der Waals surface area contributed by atoms with E-state index >= 15 is 0 Å². The molecule has 1 aliphatic heterocycles. The third kappa shape index (κ3) is 4.60. The van der Waals surface area contributed by atoms with Gasteiger partial charge in [0.25, 0.3) is 0 Å². The molecule has 2 N–H and O–H groups in total. The van der Waals surface area contributed by atoms with Crippen LogP contribution in [0.15, 0.2) is 24.3 Å². The maximum absolute atomic E-state index is 12.5. The summed E-state index contributed by atoms with van der Waals surface area (Å²) in [5.74, 6) is 0.865. The Hall–Kier alpha value is -2.65. The largest absolute Gasteiger partial charge is 0.342 e. The highest BCUT2D eigenvalue weighted by molar-refractivity contribution is 5.79. The van der Waals surface area contributed by atoms with Crippen molar-refractivity contribution in [2.24, 2.45) is 0 Å². The number of aromatic nitrogens is 2. The summed E-state index contributed by atoms with van der Waals surface area (Å²) in [6.07, 6.45) is 2.39. The second kappa shape index (κ2) is 8.15. The van der Waals surface area contributed by atoms with Crippen molar-refractivity contribution in [1.29, 1.82) is 5.26 Å². The number of likely N-dealkylation sites (tertiary alicyclic amines) is 1. The molecule has 1 atom stereocenters. The number of nitrogens with zero attached hydrogens (tertiary/aromatic N) is 3. The van der Waals surface area contributed by atoms with E-state index in [1.54, 1.807) is 4.90 Å². The molecule has 0 radical (unpaired) electrons. The van der Waals surface area contributed by atoms with Crippen molar-refractivity contribution in [2.45, 2.75) is 58.5 Å². The molecule has 1 aromatic carbocycles. The van der Waals surface area contributed by atoms with Crippen molar-refractivity contribution in [3.8, 4) is 17.5 Å². The van der Waals surface area contributed by atoms with Gasteiger partial charge in [0.1, 0.15) is 11.9 Å². The van der Waals surface area contributed by atoms with Gasteiger partial charge in [-0.05, 0) is 40.5 Å². The van der Waals surface area contributed by atoms with Gasteiger partial charge in [-0.15, -0.1) is 0 Å². The fourth-order valence-corrected chi connectivity index (χ4v) is 3.61. The molecule has 6 nitrogen and oxygen atoms in total. The van der Waals surface area contributed by atoms with Gasteiger partial charge in [0.15, 0.2) is 0 Å². The monoisotopic (exact) mass is 379 g/mol. The lowest BCUT2D eigenvalue weighted by atomic mass is 9.97. The number of imidazole rings is 1. The Morgan fingerprint density at radius 2 is 2.07 bits per heavy atom. The minimum Gasteiger partial charge on any atom is -0.342 e. The Kier molecular flexibility index (Phi) is 5.85. The van der Waals surface area contributed by atoms with Gasteiger partial charge in [-0.1, -0.05) is 29.8 Å². The van der Waals surface area contributed by atoms with Crippen LogP contribution < -0.4 is 5.32 Å². The molecule has 1 aromatic heterocycles. The Bertz CT molecular complexity index is 875. The molecule has 1 amide bonds. The van der Waals surface area contributed by atoms with Crippen LogP contribution in [-0.4, -0.2) is 45.4 Å². The lowest BCUT2D eigenvalue weighted by Gasteiger charge is -2.28. The summed E-state index contributed by atoms with van der Waals surface area (Å²) in [6, 6.07) is 10.3. The molecule has 0 bridgehead atoms.